The van der Waals surface area contributed by atoms with Gasteiger partial charge in [0.25, 0.3) is 5.91 Å². The van der Waals surface area contributed by atoms with Crippen LogP contribution in [0.15, 0.2) is 5.16 Å². The highest BCUT2D eigenvalue weighted by molar-refractivity contribution is 6.25. The van der Waals surface area contributed by atoms with Gasteiger partial charge in [-0.2, -0.15) is 0 Å². The average molecular weight is 158 g/mol. The van der Waals surface area contributed by atoms with Gasteiger partial charge >= 0.3 is 0 Å². The third kappa shape index (κ3) is 8.94. The number of unbranched alkanes of at least 4 members (excludes halogenated alkanes) is 2. The van der Waals surface area contributed by atoms with Crippen molar-refractivity contribution in [1.29, 1.82) is 0 Å². The first-order valence-electron chi connectivity index (χ1n) is 3.72. The first-order chi connectivity index (χ1) is 5.27. The summed E-state index contributed by atoms with van der Waals surface area (Å²) < 4.78 is 0. The van der Waals surface area contributed by atoms with Gasteiger partial charge in [-0.1, -0.05) is 24.9 Å². The Kier molecular flexibility index (Phi) is 6.37. The van der Waals surface area contributed by atoms with Gasteiger partial charge in [-0.3, -0.25) is 4.79 Å². The van der Waals surface area contributed by atoms with Crippen molar-refractivity contribution in [3.05, 3.63) is 0 Å². The molecule has 0 rings (SSSR count). The Morgan fingerprint density at radius 2 is 2.36 bits per heavy atom. The molecule has 0 saturated carbocycles. The van der Waals surface area contributed by atoms with Gasteiger partial charge in [-0.05, 0) is 6.42 Å². The highest BCUT2D eigenvalue weighted by Gasteiger charge is 1.86. The van der Waals surface area contributed by atoms with Crippen LogP contribution in [-0.2, 0) is 9.63 Å². The second-order valence-corrected chi connectivity index (χ2v) is 2.18. The van der Waals surface area contributed by atoms with Crippen LogP contribution in [0.3, 0.4) is 0 Å². The number of carbonyl (C=O) groups excluding carboxylic acids is 1. The second-order valence-electron chi connectivity index (χ2n) is 2.18. The molecule has 11 heavy (non-hydrogen) atoms. The molecule has 0 aromatic carbocycles. The highest BCUT2D eigenvalue weighted by Crippen LogP contribution is 1.93. The normalized spacial score (nSPS) is 10.3. The summed E-state index contributed by atoms with van der Waals surface area (Å²) in [6, 6.07) is 0. The van der Waals surface area contributed by atoms with E-state index in [0.717, 1.165) is 25.5 Å². The summed E-state index contributed by atoms with van der Waals surface area (Å²) in [6.45, 7) is 2.66. The zero-order chi connectivity index (χ0) is 8.53. The van der Waals surface area contributed by atoms with Gasteiger partial charge in [0.2, 0.25) is 0 Å². The van der Waals surface area contributed by atoms with Gasteiger partial charge in [0, 0.05) is 0 Å². The van der Waals surface area contributed by atoms with E-state index in [2.05, 4.69) is 12.1 Å². The lowest BCUT2D eigenvalue weighted by Crippen LogP contribution is -2.11. The lowest BCUT2D eigenvalue weighted by molar-refractivity contribution is -0.111. The maximum Gasteiger partial charge on any atom is 0.263 e. The number of rotatable bonds is 6. The van der Waals surface area contributed by atoms with Crippen LogP contribution in [0.2, 0.25) is 0 Å². The molecule has 0 aromatic heterocycles. The molecule has 0 fully saturated rings. The van der Waals surface area contributed by atoms with E-state index in [9.17, 15) is 4.79 Å². The lowest BCUT2D eigenvalue weighted by Gasteiger charge is -1.95. The number of primary amides is 1. The molecule has 64 valence electrons. The van der Waals surface area contributed by atoms with E-state index < -0.39 is 5.91 Å². The van der Waals surface area contributed by atoms with Crippen LogP contribution in [0.1, 0.15) is 26.2 Å². The van der Waals surface area contributed by atoms with Gasteiger partial charge in [-0.15, -0.1) is 0 Å². The second kappa shape index (κ2) is 7.05. The maximum atomic E-state index is 10.1. The minimum absolute atomic E-state index is 0.553. The molecule has 1 amide bonds. The molecule has 0 aliphatic carbocycles. The summed E-state index contributed by atoms with van der Waals surface area (Å²) in [4.78, 5) is 14.8. The smallest absolute Gasteiger partial charge is 0.263 e. The molecule has 2 N–H and O–H groups in total. The van der Waals surface area contributed by atoms with E-state index in [1.54, 1.807) is 0 Å². The van der Waals surface area contributed by atoms with E-state index in [-0.39, 0.29) is 0 Å². The van der Waals surface area contributed by atoms with Crippen LogP contribution in [0.5, 0.6) is 0 Å². The number of amides is 1. The van der Waals surface area contributed by atoms with Crippen LogP contribution in [-0.4, -0.2) is 18.7 Å². The molecule has 0 unspecified atom stereocenters. The standard InChI is InChI=1S/C7H14N2O2/c1-2-3-4-5-11-9-6-7(8)10/h6H,2-5H2,1H3,(H2,8,10). The maximum absolute atomic E-state index is 10.1. The van der Waals surface area contributed by atoms with Gasteiger partial charge in [0.15, 0.2) is 0 Å². The third-order valence-electron chi connectivity index (χ3n) is 1.09. The van der Waals surface area contributed by atoms with E-state index in [1.807, 2.05) is 0 Å². The SMILES string of the molecule is CCCCCON=CC(N)=O. The summed E-state index contributed by atoms with van der Waals surface area (Å²) in [7, 11) is 0. The molecule has 4 nitrogen and oxygen atoms in total. The zero-order valence-electron chi connectivity index (χ0n) is 6.75. The highest BCUT2D eigenvalue weighted by atomic mass is 16.6. The number of carbonyl (C=O) groups is 1. The molecule has 0 atom stereocenters. The van der Waals surface area contributed by atoms with Crippen molar-refractivity contribution in [1.82, 2.24) is 0 Å². The van der Waals surface area contributed by atoms with E-state index in [0.29, 0.717) is 6.61 Å². The van der Waals surface area contributed by atoms with E-state index in [4.69, 9.17) is 10.6 Å². The van der Waals surface area contributed by atoms with Crippen LogP contribution in [0, 0.1) is 0 Å². The van der Waals surface area contributed by atoms with Gasteiger partial charge in [0.1, 0.15) is 12.8 Å². The van der Waals surface area contributed by atoms with Crippen molar-refractivity contribution in [2.45, 2.75) is 26.2 Å². The van der Waals surface area contributed by atoms with Crippen LogP contribution >= 0.6 is 0 Å². The molecule has 0 aliphatic rings. The number of nitrogens with two attached hydrogens (primary N) is 1. The van der Waals surface area contributed by atoms with Crippen molar-refractivity contribution in [2.24, 2.45) is 10.9 Å². The van der Waals surface area contributed by atoms with E-state index >= 15 is 0 Å². The minimum atomic E-state index is -0.583. The molecular formula is C7H14N2O2. The number of oxime groups is 1. The Morgan fingerprint density at radius 1 is 1.64 bits per heavy atom. The molecular weight excluding hydrogens is 144 g/mol. The Morgan fingerprint density at radius 3 is 2.91 bits per heavy atom. The van der Waals surface area contributed by atoms with Crippen LogP contribution in [0.25, 0.3) is 0 Å². The quantitative estimate of drug-likeness (QED) is 0.350. The molecule has 0 aliphatic heterocycles. The van der Waals surface area contributed by atoms with E-state index in [1.165, 1.54) is 0 Å². The fourth-order valence-electron chi connectivity index (χ4n) is 0.559. The molecule has 4 heteroatoms. The summed E-state index contributed by atoms with van der Waals surface area (Å²) in [5, 5.41) is 3.34. The topological polar surface area (TPSA) is 64.7 Å². The number of nitrogens with zero attached hydrogens (tertiary/aromatic N) is 1. The zero-order valence-corrected chi connectivity index (χ0v) is 6.75. The molecule has 0 spiro atoms. The van der Waals surface area contributed by atoms with Crippen molar-refractivity contribution in [2.75, 3.05) is 6.61 Å². The van der Waals surface area contributed by atoms with Crippen molar-refractivity contribution < 1.29 is 9.63 Å². The lowest BCUT2D eigenvalue weighted by atomic mass is 10.3. The largest absolute Gasteiger partial charge is 0.396 e. The number of hydrogen-bond acceptors (Lipinski definition) is 3. The van der Waals surface area contributed by atoms with Gasteiger partial charge < -0.3 is 10.6 Å². The van der Waals surface area contributed by atoms with Crippen LogP contribution < -0.4 is 5.73 Å². The minimum Gasteiger partial charge on any atom is -0.396 e. The fraction of sp³-hybridized carbons (Fsp3) is 0.714. The molecule has 0 radical (unpaired) electrons. The molecule has 0 bridgehead atoms. The Bertz CT molecular complexity index is 134. The predicted octanol–water partition coefficient (Wildman–Crippen LogP) is 0.664. The summed E-state index contributed by atoms with van der Waals surface area (Å²) in [6.07, 6.45) is 4.19. The molecule has 0 saturated heterocycles. The Balaban J connectivity index is 3.07. The van der Waals surface area contributed by atoms with Crippen molar-refractivity contribution in [3.63, 3.8) is 0 Å². The predicted molar refractivity (Wildman–Crippen MR) is 43.2 cm³/mol. The fourth-order valence-corrected chi connectivity index (χ4v) is 0.559. The Hall–Kier alpha value is -1.06. The molecule has 0 aromatic rings. The van der Waals surface area contributed by atoms with Crippen molar-refractivity contribution in [3.8, 4) is 0 Å². The summed E-state index contributed by atoms with van der Waals surface area (Å²) in [5.41, 5.74) is 4.77. The first-order valence-corrected chi connectivity index (χ1v) is 3.72. The van der Waals surface area contributed by atoms with Gasteiger partial charge in [-0.25, -0.2) is 0 Å². The monoisotopic (exact) mass is 158 g/mol. The average Bonchev–Trinajstić information content (AvgIpc) is 1.96. The first kappa shape index (κ1) is 9.94. The van der Waals surface area contributed by atoms with Crippen molar-refractivity contribution >= 4 is 12.1 Å². The summed E-state index contributed by atoms with van der Waals surface area (Å²) >= 11 is 0. The van der Waals surface area contributed by atoms with Crippen LogP contribution in [0.4, 0.5) is 0 Å². The third-order valence-corrected chi connectivity index (χ3v) is 1.09. The summed E-state index contributed by atoms with van der Waals surface area (Å²) in [5.74, 6) is -0.583. The Labute approximate surface area is 66.4 Å². The molecule has 0 heterocycles. The van der Waals surface area contributed by atoms with Gasteiger partial charge in [0.05, 0.1) is 0 Å². The number of hydrogen-bond donors (Lipinski definition) is 1.